The van der Waals surface area contributed by atoms with E-state index in [1.54, 1.807) is 17.5 Å². The van der Waals surface area contributed by atoms with Crippen molar-refractivity contribution in [2.24, 2.45) is 0 Å². The van der Waals surface area contributed by atoms with Gasteiger partial charge in [-0.1, -0.05) is 30.3 Å². The monoisotopic (exact) mass is 508 g/mol. The van der Waals surface area contributed by atoms with Crippen LogP contribution in [-0.4, -0.2) is 35.6 Å². The fourth-order valence-corrected chi connectivity index (χ4v) is 5.14. The van der Waals surface area contributed by atoms with Crippen molar-refractivity contribution in [3.63, 3.8) is 0 Å². The lowest BCUT2D eigenvalue weighted by molar-refractivity contribution is -0.384. The van der Waals surface area contributed by atoms with Crippen LogP contribution >= 0.6 is 11.3 Å². The van der Waals surface area contributed by atoms with Gasteiger partial charge in [0.05, 0.1) is 15.5 Å². The Morgan fingerprint density at radius 1 is 1.03 bits per heavy atom. The molecule has 1 amide bonds. The second-order valence-electron chi connectivity index (χ2n) is 7.57. The highest BCUT2D eigenvalue weighted by Gasteiger charge is 2.21. The molecule has 0 spiro atoms. The minimum absolute atomic E-state index is 0.0192. The number of nitrogens with one attached hydrogen (secondary N) is 1. The Bertz CT molecular complexity index is 1450. The van der Waals surface area contributed by atoms with Gasteiger partial charge in [-0.05, 0) is 42.0 Å². The molecule has 1 aromatic heterocycles. The number of benzene rings is 3. The van der Waals surface area contributed by atoms with Gasteiger partial charge >= 0.3 is 0 Å². The van der Waals surface area contributed by atoms with Crippen molar-refractivity contribution in [3.8, 4) is 11.3 Å². The second-order valence-corrected chi connectivity index (χ2v) is 10.5. The van der Waals surface area contributed by atoms with Crippen LogP contribution in [0.15, 0.2) is 89.1 Å². The van der Waals surface area contributed by atoms with Crippen LogP contribution in [0.1, 0.15) is 15.9 Å². The molecule has 9 nitrogen and oxygen atoms in total. The predicted octanol–water partition coefficient (Wildman–Crippen LogP) is 4.79. The highest BCUT2D eigenvalue weighted by molar-refractivity contribution is 7.89. The maximum Gasteiger partial charge on any atom is 0.269 e. The number of amides is 1. The minimum atomic E-state index is -3.73. The van der Waals surface area contributed by atoms with E-state index in [2.05, 4.69) is 10.3 Å². The summed E-state index contributed by atoms with van der Waals surface area (Å²) in [5.41, 5.74) is 2.38. The van der Waals surface area contributed by atoms with Crippen LogP contribution in [0.5, 0.6) is 0 Å². The number of nitro groups is 1. The molecule has 0 saturated heterocycles. The number of hydrogen-bond donors (Lipinski definition) is 1. The maximum atomic E-state index is 12.9. The third-order valence-corrected chi connectivity index (χ3v) is 7.75. The summed E-state index contributed by atoms with van der Waals surface area (Å²) in [5.74, 6) is -0.434. The van der Waals surface area contributed by atoms with Crippen LogP contribution < -0.4 is 5.32 Å². The number of thiazole rings is 1. The molecule has 0 fully saturated rings. The molecule has 0 unspecified atom stereocenters. The number of hydrogen-bond acceptors (Lipinski definition) is 7. The van der Waals surface area contributed by atoms with Crippen LogP contribution in [0, 0.1) is 10.1 Å². The summed E-state index contributed by atoms with van der Waals surface area (Å²) in [6, 6.07) is 20.9. The third kappa shape index (κ3) is 5.60. The van der Waals surface area contributed by atoms with E-state index < -0.39 is 20.9 Å². The van der Waals surface area contributed by atoms with E-state index in [4.69, 9.17) is 0 Å². The zero-order valence-electron chi connectivity index (χ0n) is 18.5. The number of aromatic nitrogens is 1. The Kier molecular flexibility index (Phi) is 7.01. The Labute approximate surface area is 205 Å². The van der Waals surface area contributed by atoms with Gasteiger partial charge in [0.25, 0.3) is 11.6 Å². The lowest BCUT2D eigenvalue weighted by Crippen LogP contribution is -2.26. The first-order valence-electron chi connectivity index (χ1n) is 10.4. The molecule has 11 heteroatoms. The first-order valence-corrected chi connectivity index (χ1v) is 12.7. The summed E-state index contributed by atoms with van der Waals surface area (Å²) in [4.78, 5) is 27.4. The smallest absolute Gasteiger partial charge is 0.269 e. The zero-order valence-corrected chi connectivity index (χ0v) is 20.1. The van der Waals surface area contributed by atoms with Crippen LogP contribution in [0.2, 0.25) is 0 Å². The molecule has 1 heterocycles. The summed E-state index contributed by atoms with van der Waals surface area (Å²) in [6.07, 6.45) is 0. The number of nitrogens with zero attached hydrogens (tertiary/aromatic N) is 3. The van der Waals surface area contributed by atoms with Crippen LogP contribution in [-0.2, 0) is 16.6 Å². The van der Waals surface area contributed by atoms with Crippen molar-refractivity contribution in [2.75, 3.05) is 12.4 Å². The molecule has 0 radical (unpaired) electrons. The molecule has 4 aromatic rings. The van der Waals surface area contributed by atoms with Crippen molar-refractivity contribution in [2.45, 2.75) is 11.4 Å². The van der Waals surface area contributed by atoms with Crippen molar-refractivity contribution in [1.29, 1.82) is 0 Å². The van der Waals surface area contributed by atoms with E-state index >= 15 is 0 Å². The summed E-state index contributed by atoms with van der Waals surface area (Å²) in [6.45, 7) is 0.229. The summed E-state index contributed by atoms with van der Waals surface area (Å²) in [5, 5.41) is 15.6. The maximum absolute atomic E-state index is 12.9. The lowest BCUT2D eigenvalue weighted by Gasteiger charge is -2.17. The molecule has 1 N–H and O–H groups in total. The zero-order chi connectivity index (χ0) is 25.0. The molecule has 0 bridgehead atoms. The number of rotatable bonds is 8. The van der Waals surface area contributed by atoms with Gasteiger partial charge < -0.3 is 0 Å². The molecule has 0 aliphatic heterocycles. The van der Waals surface area contributed by atoms with Crippen molar-refractivity contribution < 1.29 is 18.1 Å². The van der Waals surface area contributed by atoms with Gasteiger partial charge in [0.15, 0.2) is 5.13 Å². The fourth-order valence-electron chi connectivity index (χ4n) is 3.27. The highest BCUT2D eigenvalue weighted by Crippen LogP contribution is 2.27. The van der Waals surface area contributed by atoms with E-state index in [1.807, 2.05) is 30.3 Å². The molecule has 0 aliphatic carbocycles. The van der Waals surface area contributed by atoms with Gasteiger partial charge in [0.2, 0.25) is 10.0 Å². The first-order chi connectivity index (χ1) is 16.7. The van der Waals surface area contributed by atoms with Gasteiger partial charge in [-0.25, -0.2) is 13.4 Å². The van der Waals surface area contributed by atoms with E-state index in [9.17, 15) is 23.3 Å². The van der Waals surface area contributed by atoms with Crippen LogP contribution in [0.25, 0.3) is 11.3 Å². The number of nitro benzene ring substituents is 1. The average molecular weight is 509 g/mol. The topological polar surface area (TPSA) is 123 Å². The Balaban J connectivity index is 1.42. The molecular weight excluding hydrogens is 488 g/mol. The van der Waals surface area contributed by atoms with Crippen LogP contribution in [0.3, 0.4) is 0 Å². The summed E-state index contributed by atoms with van der Waals surface area (Å²) >= 11 is 1.21. The number of carbonyl (C=O) groups is 1. The molecular formula is C24H20N4O5S2. The number of sulfonamides is 1. The Morgan fingerprint density at radius 3 is 2.31 bits per heavy atom. The standard InChI is InChI=1S/C24H20N4O5S2/c1-27(15-17-5-3-2-4-6-17)35(32,33)21-13-9-19(10-14-21)23(29)26-24-25-22(16-34-24)18-7-11-20(12-8-18)28(30)31/h2-14,16H,15H2,1H3,(H,25,26,29). The van der Waals surface area contributed by atoms with E-state index in [0.717, 1.165) is 5.56 Å². The number of carbonyl (C=O) groups excluding carboxylic acids is 1. The molecule has 0 aliphatic rings. The fraction of sp³-hybridized carbons (Fsp3) is 0.0833. The van der Waals surface area contributed by atoms with Crippen molar-refractivity contribution >= 4 is 38.1 Å². The number of non-ortho nitro benzene ring substituents is 1. The van der Waals surface area contributed by atoms with Crippen molar-refractivity contribution in [3.05, 3.63) is 105 Å². The molecule has 3 aromatic carbocycles. The van der Waals surface area contributed by atoms with Crippen molar-refractivity contribution in [1.82, 2.24) is 9.29 Å². The molecule has 4 rings (SSSR count). The summed E-state index contributed by atoms with van der Waals surface area (Å²) in [7, 11) is -2.22. The SMILES string of the molecule is CN(Cc1ccccc1)S(=O)(=O)c1ccc(C(=O)Nc2nc(-c3ccc([N+](=O)[O-])cc3)cs2)cc1. The predicted molar refractivity (Wildman–Crippen MR) is 134 cm³/mol. The van der Waals surface area contributed by atoms with Gasteiger partial charge in [-0.15, -0.1) is 11.3 Å². The molecule has 178 valence electrons. The third-order valence-electron chi connectivity index (χ3n) is 5.17. The lowest BCUT2D eigenvalue weighted by atomic mass is 10.1. The van der Waals surface area contributed by atoms with E-state index in [0.29, 0.717) is 16.4 Å². The van der Waals surface area contributed by atoms with E-state index in [-0.39, 0.29) is 22.7 Å². The highest BCUT2D eigenvalue weighted by atomic mass is 32.2. The average Bonchev–Trinajstić information content (AvgIpc) is 3.33. The Hall–Kier alpha value is -3.93. The van der Waals surface area contributed by atoms with Crippen LogP contribution in [0.4, 0.5) is 10.8 Å². The normalized spacial score (nSPS) is 11.4. The molecule has 0 atom stereocenters. The largest absolute Gasteiger partial charge is 0.298 e. The van der Waals surface area contributed by atoms with Gasteiger partial charge in [0.1, 0.15) is 0 Å². The first kappa shape index (κ1) is 24.2. The van der Waals surface area contributed by atoms with E-state index in [1.165, 1.54) is 59.1 Å². The Morgan fingerprint density at radius 2 is 1.69 bits per heavy atom. The summed E-state index contributed by atoms with van der Waals surface area (Å²) < 4.78 is 27.0. The minimum Gasteiger partial charge on any atom is -0.298 e. The molecule has 0 saturated carbocycles. The van der Waals surface area contributed by atoms with Gasteiger partial charge in [-0.3, -0.25) is 20.2 Å². The van der Waals surface area contributed by atoms with Gasteiger partial charge in [-0.2, -0.15) is 4.31 Å². The second kappa shape index (κ2) is 10.1. The quantitative estimate of drug-likeness (QED) is 0.270. The molecule has 35 heavy (non-hydrogen) atoms. The number of anilines is 1. The van der Waals surface area contributed by atoms with Gasteiger partial charge in [0, 0.05) is 42.2 Å².